The van der Waals surface area contributed by atoms with Crippen LogP contribution in [0.5, 0.6) is 5.75 Å². The van der Waals surface area contributed by atoms with E-state index in [-0.39, 0.29) is 29.4 Å². The van der Waals surface area contributed by atoms with Crippen LogP contribution in [0.15, 0.2) is 52.5 Å². The standard InChI is InChI=1S/C34H43FN6O3/c1-20-28-14-23(34(28,3)4)15-30(20)39-33(40-13-11-25(18-40)37-21(2)42)38-24-7-9-27-31(16-24)36-19-41(32(27)43)12-10-22-6-8-26(44-5)17-29(22)35/h6-9,16-17,19-20,23,25,28,30H,10-15,18H2,1-5H3,(H,37,42)(H,38,39)/t20-,23-,25?,28+,30-/m0/s1. The van der Waals surface area contributed by atoms with E-state index in [4.69, 9.17) is 9.73 Å². The van der Waals surface area contributed by atoms with Crippen LogP contribution in [0.1, 0.15) is 52.5 Å². The summed E-state index contributed by atoms with van der Waals surface area (Å²) in [4.78, 5) is 37.2. The second kappa shape index (κ2) is 11.9. The number of rotatable bonds is 7. The predicted molar refractivity (Wildman–Crippen MR) is 170 cm³/mol. The number of carbonyl (C=O) groups is 1. The Kier molecular flexibility index (Phi) is 8.11. The number of fused-ring (bicyclic) bond motifs is 3. The van der Waals surface area contributed by atoms with Gasteiger partial charge in [-0.25, -0.2) is 14.4 Å². The van der Waals surface area contributed by atoms with E-state index in [1.165, 1.54) is 30.5 Å². The maximum absolute atomic E-state index is 14.4. The maximum atomic E-state index is 14.4. The van der Waals surface area contributed by atoms with Gasteiger partial charge in [-0.05, 0) is 78.7 Å². The number of hydrogen-bond acceptors (Lipinski definition) is 5. The van der Waals surface area contributed by atoms with Gasteiger partial charge in [0.25, 0.3) is 5.56 Å². The molecule has 9 nitrogen and oxygen atoms in total. The number of amides is 1. The Labute approximate surface area is 257 Å². The molecule has 1 aromatic heterocycles. The van der Waals surface area contributed by atoms with E-state index in [0.29, 0.717) is 64.9 Å². The van der Waals surface area contributed by atoms with Gasteiger partial charge in [-0.2, -0.15) is 0 Å². The summed E-state index contributed by atoms with van der Waals surface area (Å²) in [6.07, 6.45) is 5.12. The lowest BCUT2D eigenvalue weighted by atomic mass is 9.45. The lowest BCUT2D eigenvalue weighted by Crippen LogP contribution is -2.56. The minimum Gasteiger partial charge on any atom is -0.497 e. The molecule has 1 aliphatic heterocycles. The monoisotopic (exact) mass is 602 g/mol. The molecule has 1 saturated heterocycles. The van der Waals surface area contributed by atoms with Gasteiger partial charge in [0.1, 0.15) is 11.6 Å². The molecule has 2 bridgehead atoms. The Morgan fingerprint density at radius 2 is 2.02 bits per heavy atom. The molecule has 3 saturated carbocycles. The van der Waals surface area contributed by atoms with Crippen molar-refractivity contribution in [2.45, 2.75) is 72.0 Å². The maximum Gasteiger partial charge on any atom is 0.261 e. The number of nitrogens with zero attached hydrogens (tertiary/aromatic N) is 4. The van der Waals surface area contributed by atoms with Crippen molar-refractivity contribution in [3.63, 3.8) is 0 Å². The largest absolute Gasteiger partial charge is 0.497 e. The lowest BCUT2D eigenvalue weighted by molar-refractivity contribution is -0.119. The molecule has 5 atom stereocenters. The topological polar surface area (TPSA) is 101 Å². The van der Waals surface area contributed by atoms with Gasteiger partial charge in [-0.1, -0.05) is 26.8 Å². The lowest BCUT2D eigenvalue weighted by Gasteiger charge is -2.61. The average Bonchev–Trinajstić information content (AvgIpc) is 3.45. The van der Waals surface area contributed by atoms with Gasteiger partial charge in [0.15, 0.2) is 5.96 Å². The number of likely N-dealkylation sites (tertiary alicyclic amines) is 1. The number of nitrogens with one attached hydrogen (secondary N) is 2. The number of guanidine groups is 1. The molecule has 2 aromatic carbocycles. The Morgan fingerprint density at radius 1 is 1.20 bits per heavy atom. The van der Waals surface area contributed by atoms with Crippen molar-refractivity contribution < 1.29 is 13.9 Å². The van der Waals surface area contributed by atoms with E-state index in [0.717, 1.165) is 31.0 Å². The highest BCUT2D eigenvalue weighted by Crippen LogP contribution is 2.61. The van der Waals surface area contributed by atoms with E-state index in [1.807, 2.05) is 12.1 Å². The van der Waals surface area contributed by atoms with Crippen LogP contribution in [-0.2, 0) is 17.8 Å². The first-order valence-electron chi connectivity index (χ1n) is 15.7. The summed E-state index contributed by atoms with van der Waals surface area (Å²) < 4.78 is 21.0. The van der Waals surface area contributed by atoms with Crippen molar-refractivity contribution in [3.05, 3.63) is 64.5 Å². The Hall–Kier alpha value is -3.95. The predicted octanol–water partition coefficient (Wildman–Crippen LogP) is 4.84. The van der Waals surface area contributed by atoms with Crippen LogP contribution >= 0.6 is 0 Å². The van der Waals surface area contributed by atoms with Crippen LogP contribution in [0, 0.1) is 29.0 Å². The number of benzene rings is 2. The molecule has 2 heterocycles. The number of hydrogen-bond donors (Lipinski definition) is 2. The minimum absolute atomic E-state index is 0.0214. The molecule has 1 unspecified atom stereocenters. The molecule has 10 heteroatoms. The smallest absolute Gasteiger partial charge is 0.261 e. The van der Waals surface area contributed by atoms with Gasteiger partial charge < -0.3 is 20.3 Å². The molecule has 4 aliphatic rings. The summed E-state index contributed by atoms with van der Waals surface area (Å²) in [6.45, 7) is 10.5. The fourth-order valence-corrected chi connectivity index (χ4v) is 7.62. The SMILES string of the molecule is COc1ccc(CCn2cnc3cc(N/C(=N/[C@H]4C[C@@H]5C[C@H]([C@@H]4C)C5(C)C)N4CCC(NC(C)=O)C4)ccc3c2=O)c(F)c1. The molecule has 1 amide bonds. The summed E-state index contributed by atoms with van der Waals surface area (Å²) in [7, 11) is 1.50. The van der Waals surface area contributed by atoms with Gasteiger partial charge in [0, 0.05) is 44.4 Å². The van der Waals surface area contributed by atoms with Gasteiger partial charge >= 0.3 is 0 Å². The normalized spacial score (nSPS) is 25.9. The summed E-state index contributed by atoms with van der Waals surface area (Å²) >= 11 is 0. The zero-order chi connectivity index (χ0) is 31.2. The fraction of sp³-hybridized carbons (Fsp3) is 0.529. The fourth-order valence-electron chi connectivity index (χ4n) is 7.62. The number of anilines is 1. The zero-order valence-electron chi connectivity index (χ0n) is 26.3. The molecule has 0 spiro atoms. The van der Waals surface area contributed by atoms with Crippen LogP contribution in [-0.4, -0.2) is 58.6 Å². The highest BCUT2D eigenvalue weighted by Gasteiger charge is 2.56. The number of halogens is 1. The number of aromatic nitrogens is 2. The van der Waals surface area contributed by atoms with Crippen molar-refractivity contribution in [2.75, 3.05) is 25.5 Å². The molecule has 4 fully saturated rings. The number of aliphatic imine (C=N–C) groups is 1. The van der Waals surface area contributed by atoms with Crippen LogP contribution in [0.3, 0.4) is 0 Å². The quantitative estimate of drug-likeness (QED) is 0.297. The van der Waals surface area contributed by atoms with Crippen LogP contribution < -0.4 is 20.9 Å². The summed E-state index contributed by atoms with van der Waals surface area (Å²) in [5, 5.41) is 7.12. The highest BCUT2D eigenvalue weighted by molar-refractivity contribution is 5.96. The molecule has 3 aromatic rings. The molecular weight excluding hydrogens is 559 g/mol. The number of methoxy groups -OCH3 is 1. The first-order valence-corrected chi connectivity index (χ1v) is 15.7. The van der Waals surface area contributed by atoms with E-state index in [1.54, 1.807) is 25.1 Å². The number of ether oxygens (including phenoxy) is 1. The molecule has 7 rings (SSSR count). The molecule has 3 aliphatic carbocycles. The van der Waals surface area contributed by atoms with Crippen molar-refractivity contribution in [1.82, 2.24) is 19.8 Å². The third kappa shape index (κ3) is 5.78. The van der Waals surface area contributed by atoms with E-state index >= 15 is 0 Å². The van der Waals surface area contributed by atoms with Gasteiger partial charge in [-0.3, -0.25) is 14.2 Å². The molecule has 44 heavy (non-hydrogen) atoms. The summed E-state index contributed by atoms with van der Waals surface area (Å²) in [5.74, 6) is 2.75. The van der Waals surface area contributed by atoms with Gasteiger partial charge in [0.05, 0.1) is 30.4 Å². The van der Waals surface area contributed by atoms with E-state index in [2.05, 4.69) is 41.3 Å². The summed E-state index contributed by atoms with van der Waals surface area (Å²) in [6, 6.07) is 10.6. The van der Waals surface area contributed by atoms with E-state index < -0.39 is 0 Å². The Morgan fingerprint density at radius 3 is 2.73 bits per heavy atom. The Balaban J connectivity index is 1.22. The molecule has 2 N–H and O–H groups in total. The average molecular weight is 603 g/mol. The molecular formula is C34H43FN6O3. The second-order valence-corrected chi connectivity index (χ2v) is 13.4. The first-order chi connectivity index (χ1) is 21.0. The van der Waals surface area contributed by atoms with Crippen LogP contribution in [0.2, 0.25) is 0 Å². The van der Waals surface area contributed by atoms with Crippen molar-refractivity contribution in [1.29, 1.82) is 0 Å². The van der Waals surface area contributed by atoms with Crippen molar-refractivity contribution in [2.24, 2.45) is 28.2 Å². The summed E-state index contributed by atoms with van der Waals surface area (Å²) in [5.41, 5.74) is 2.11. The highest BCUT2D eigenvalue weighted by atomic mass is 19.1. The van der Waals surface area contributed by atoms with Crippen molar-refractivity contribution >= 4 is 28.5 Å². The Bertz CT molecular complexity index is 1650. The third-order valence-electron chi connectivity index (χ3n) is 10.5. The van der Waals surface area contributed by atoms with Crippen molar-refractivity contribution in [3.8, 4) is 5.75 Å². The second-order valence-electron chi connectivity index (χ2n) is 13.4. The molecule has 0 radical (unpaired) electrons. The number of aryl methyl sites for hydroxylation is 2. The van der Waals surface area contributed by atoms with Gasteiger partial charge in [0.2, 0.25) is 5.91 Å². The minimum atomic E-state index is -0.357. The molecule has 234 valence electrons. The first kappa shape index (κ1) is 30.1. The van der Waals surface area contributed by atoms with E-state index in [9.17, 15) is 14.0 Å². The van der Waals surface area contributed by atoms with Crippen LogP contribution in [0.4, 0.5) is 10.1 Å². The zero-order valence-corrected chi connectivity index (χ0v) is 26.3. The van der Waals surface area contributed by atoms with Crippen LogP contribution in [0.25, 0.3) is 10.9 Å². The number of carbonyl (C=O) groups excluding carboxylic acids is 1. The van der Waals surface area contributed by atoms with Gasteiger partial charge in [-0.15, -0.1) is 0 Å². The third-order valence-corrected chi connectivity index (χ3v) is 10.5.